The number of nitrogens with zero attached hydrogens (tertiary/aromatic N) is 3. The van der Waals surface area contributed by atoms with Crippen molar-refractivity contribution >= 4 is 5.91 Å². The summed E-state index contributed by atoms with van der Waals surface area (Å²) in [5.74, 6) is 0.831. The van der Waals surface area contributed by atoms with Gasteiger partial charge in [0.25, 0.3) is 0 Å². The maximum atomic E-state index is 12.8. The van der Waals surface area contributed by atoms with Gasteiger partial charge in [0, 0.05) is 13.1 Å². The highest BCUT2D eigenvalue weighted by atomic mass is 19.4. The Morgan fingerprint density at radius 2 is 2.20 bits per heavy atom. The van der Waals surface area contributed by atoms with E-state index in [0.717, 1.165) is 25.0 Å². The van der Waals surface area contributed by atoms with E-state index < -0.39 is 11.7 Å². The van der Waals surface area contributed by atoms with E-state index in [0.29, 0.717) is 30.4 Å². The average Bonchev–Trinajstić information content (AvgIpc) is 3.01. The summed E-state index contributed by atoms with van der Waals surface area (Å²) in [7, 11) is 0. The van der Waals surface area contributed by atoms with Gasteiger partial charge in [-0.1, -0.05) is 23.4 Å². The lowest BCUT2D eigenvalue weighted by molar-refractivity contribution is -0.138. The van der Waals surface area contributed by atoms with Gasteiger partial charge in [0.15, 0.2) is 5.82 Å². The van der Waals surface area contributed by atoms with Crippen molar-refractivity contribution in [3.63, 3.8) is 0 Å². The molecule has 0 radical (unpaired) electrons. The Labute approximate surface area is 142 Å². The summed E-state index contributed by atoms with van der Waals surface area (Å²) < 4.78 is 43.5. The van der Waals surface area contributed by atoms with Gasteiger partial charge < -0.3 is 9.42 Å². The number of benzene rings is 1. The standard InChI is InChI=1S/C17H18F3N3O2/c1-11-21-16(25-22-11)13-5-3-7-23(10-13)15(24)9-12-4-2-6-14(8-12)17(18,19)20/h2,4,6,8,13H,3,5,7,9-10H2,1H3/t13-/m1/s1. The molecule has 0 spiro atoms. The van der Waals surface area contributed by atoms with E-state index in [9.17, 15) is 18.0 Å². The highest BCUT2D eigenvalue weighted by Gasteiger charge is 2.31. The molecule has 0 aliphatic carbocycles. The second kappa shape index (κ2) is 6.85. The Morgan fingerprint density at radius 3 is 2.88 bits per heavy atom. The number of carbonyl (C=O) groups excluding carboxylic acids is 1. The molecule has 25 heavy (non-hydrogen) atoms. The van der Waals surface area contributed by atoms with Gasteiger partial charge in [-0.25, -0.2) is 0 Å². The average molecular weight is 353 g/mol. The van der Waals surface area contributed by atoms with Gasteiger partial charge in [0.2, 0.25) is 11.8 Å². The van der Waals surface area contributed by atoms with Crippen LogP contribution in [0.25, 0.3) is 0 Å². The first-order valence-corrected chi connectivity index (χ1v) is 8.07. The number of carbonyl (C=O) groups is 1. The lowest BCUT2D eigenvalue weighted by Gasteiger charge is -2.31. The zero-order valence-electron chi connectivity index (χ0n) is 13.7. The Kier molecular flexibility index (Phi) is 4.78. The number of halogens is 3. The predicted molar refractivity (Wildman–Crippen MR) is 82.7 cm³/mol. The molecule has 0 unspecified atom stereocenters. The van der Waals surface area contributed by atoms with Crippen LogP contribution in [0.3, 0.4) is 0 Å². The molecule has 1 aromatic carbocycles. The Hall–Kier alpha value is -2.38. The zero-order valence-corrected chi connectivity index (χ0v) is 13.7. The third-order valence-electron chi connectivity index (χ3n) is 4.28. The molecule has 134 valence electrons. The van der Waals surface area contributed by atoms with Gasteiger partial charge >= 0.3 is 6.18 Å². The Balaban J connectivity index is 1.67. The van der Waals surface area contributed by atoms with E-state index >= 15 is 0 Å². The van der Waals surface area contributed by atoms with Crippen LogP contribution in [0.15, 0.2) is 28.8 Å². The maximum Gasteiger partial charge on any atom is 0.416 e. The number of aromatic nitrogens is 2. The molecular weight excluding hydrogens is 335 g/mol. The number of hydrogen-bond donors (Lipinski definition) is 0. The highest BCUT2D eigenvalue weighted by Crippen LogP contribution is 2.30. The topological polar surface area (TPSA) is 59.2 Å². The van der Waals surface area contributed by atoms with Crippen LogP contribution in [0.2, 0.25) is 0 Å². The van der Waals surface area contributed by atoms with E-state index in [1.54, 1.807) is 11.8 Å². The number of alkyl halides is 3. The van der Waals surface area contributed by atoms with E-state index in [-0.39, 0.29) is 18.2 Å². The lowest BCUT2D eigenvalue weighted by Crippen LogP contribution is -2.40. The van der Waals surface area contributed by atoms with Gasteiger partial charge in [-0.05, 0) is 31.4 Å². The third kappa shape index (κ3) is 4.18. The second-order valence-corrected chi connectivity index (χ2v) is 6.23. The van der Waals surface area contributed by atoms with Crippen LogP contribution in [0, 0.1) is 6.92 Å². The van der Waals surface area contributed by atoms with Crippen LogP contribution in [-0.2, 0) is 17.4 Å². The van der Waals surface area contributed by atoms with E-state index in [4.69, 9.17) is 4.52 Å². The molecular formula is C17H18F3N3O2. The molecule has 1 aliphatic heterocycles. The fourth-order valence-electron chi connectivity index (χ4n) is 3.03. The predicted octanol–water partition coefficient (Wildman–Crippen LogP) is 3.35. The summed E-state index contributed by atoms with van der Waals surface area (Å²) >= 11 is 0. The molecule has 0 N–H and O–H groups in total. The van der Waals surface area contributed by atoms with Crippen molar-refractivity contribution in [1.29, 1.82) is 0 Å². The van der Waals surface area contributed by atoms with Gasteiger partial charge in [-0.3, -0.25) is 4.79 Å². The number of hydrogen-bond acceptors (Lipinski definition) is 4. The van der Waals surface area contributed by atoms with Crippen molar-refractivity contribution in [2.24, 2.45) is 0 Å². The molecule has 1 fully saturated rings. The first-order valence-electron chi connectivity index (χ1n) is 8.07. The number of aryl methyl sites for hydroxylation is 1. The minimum atomic E-state index is -4.41. The summed E-state index contributed by atoms with van der Waals surface area (Å²) in [5.41, 5.74) is -0.383. The van der Waals surface area contributed by atoms with E-state index in [1.807, 2.05) is 0 Å². The molecule has 1 saturated heterocycles. The fraction of sp³-hybridized carbons (Fsp3) is 0.471. The van der Waals surface area contributed by atoms with Crippen LogP contribution in [0.5, 0.6) is 0 Å². The molecule has 1 amide bonds. The molecule has 2 aromatic rings. The third-order valence-corrected chi connectivity index (χ3v) is 4.28. The fourth-order valence-corrected chi connectivity index (χ4v) is 3.03. The number of piperidine rings is 1. The summed E-state index contributed by atoms with van der Waals surface area (Å²) in [6.07, 6.45) is -2.83. The molecule has 2 heterocycles. The highest BCUT2D eigenvalue weighted by molar-refractivity contribution is 5.79. The largest absolute Gasteiger partial charge is 0.416 e. The number of amides is 1. The number of rotatable bonds is 3. The van der Waals surface area contributed by atoms with Gasteiger partial charge in [-0.15, -0.1) is 0 Å². The van der Waals surface area contributed by atoms with E-state index in [2.05, 4.69) is 10.1 Å². The molecule has 1 aliphatic rings. The van der Waals surface area contributed by atoms with Crippen molar-refractivity contribution in [1.82, 2.24) is 15.0 Å². The monoisotopic (exact) mass is 353 g/mol. The van der Waals surface area contributed by atoms with Crippen LogP contribution in [0.4, 0.5) is 13.2 Å². The summed E-state index contributed by atoms with van der Waals surface area (Å²) in [6.45, 7) is 2.76. The van der Waals surface area contributed by atoms with Crippen molar-refractivity contribution in [2.45, 2.75) is 38.3 Å². The van der Waals surface area contributed by atoms with Crippen molar-refractivity contribution < 1.29 is 22.5 Å². The Morgan fingerprint density at radius 1 is 1.40 bits per heavy atom. The van der Waals surface area contributed by atoms with Crippen LogP contribution in [0.1, 0.15) is 41.6 Å². The van der Waals surface area contributed by atoms with Crippen molar-refractivity contribution in [3.05, 3.63) is 47.1 Å². The Bertz CT molecular complexity index is 758. The van der Waals surface area contributed by atoms with Crippen LogP contribution < -0.4 is 0 Å². The molecule has 5 nitrogen and oxygen atoms in total. The van der Waals surface area contributed by atoms with Crippen LogP contribution >= 0.6 is 0 Å². The smallest absolute Gasteiger partial charge is 0.342 e. The lowest BCUT2D eigenvalue weighted by atomic mass is 9.97. The molecule has 0 saturated carbocycles. The van der Waals surface area contributed by atoms with Gasteiger partial charge in [0.05, 0.1) is 17.9 Å². The van der Waals surface area contributed by atoms with Crippen LogP contribution in [-0.4, -0.2) is 34.0 Å². The van der Waals surface area contributed by atoms with Gasteiger partial charge in [0.1, 0.15) is 0 Å². The molecule has 1 atom stereocenters. The first-order chi connectivity index (χ1) is 11.8. The zero-order chi connectivity index (χ0) is 18.0. The minimum absolute atomic E-state index is 0.0274. The maximum absolute atomic E-state index is 12.8. The summed E-state index contributed by atoms with van der Waals surface area (Å²) in [5, 5.41) is 3.77. The SMILES string of the molecule is Cc1noc([C@@H]2CCCN(C(=O)Cc3cccc(C(F)(F)F)c3)C2)n1. The quantitative estimate of drug-likeness (QED) is 0.849. The minimum Gasteiger partial charge on any atom is -0.342 e. The summed E-state index contributed by atoms with van der Waals surface area (Å²) in [6, 6.07) is 4.89. The molecule has 3 rings (SSSR count). The van der Waals surface area contributed by atoms with E-state index in [1.165, 1.54) is 12.1 Å². The normalized spacial score (nSPS) is 18.4. The summed E-state index contributed by atoms with van der Waals surface area (Å²) in [4.78, 5) is 18.4. The molecule has 8 heteroatoms. The molecule has 0 bridgehead atoms. The van der Waals surface area contributed by atoms with Crippen molar-refractivity contribution in [3.8, 4) is 0 Å². The number of likely N-dealkylation sites (tertiary alicyclic amines) is 1. The van der Waals surface area contributed by atoms with Gasteiger partial charge in [-0.2, -0.15) is 18.2 Å². The molecule has 1 aromatic heterocycles. The second-order valence-electron chi connectivity index (χ2n) is 6.23. The first kappa shape index (κ1) is 17.4. The van der Waals surface area contributed by atoms with Crippen molar-refractivity contribution in [2.75, 3.05) is 13.1 Å².